The van der Waals surface area contributed by atoms with Crippen molar-refractivity contribution in [1.82, 2.24) is 25.0 Å². The number of nitrogens with one attached hydrogen (secondary N) is 2. The van der Waals surface area contributed by atoms with Gasteiger partial charge in [0.05, 0.1) is 35.7 Å². The van der Waals surface area contributed by atoms with Crippen LogP contribution in [0.3, 0.4) is 0 Å². The molecule has 2 N–H and O–H groups in total. The van der Waals surface area contributed by atoms with Crippen molar-refractivity contribution in [3.8, 4) is 0 Å². The number of rotatable bonds is 3. The van der Waals surface area contributed by atoms with Crippen LogP contribution >= 0.6 is 11.3 Å². The highest BCUT2D eigenvalue weighted by Gasteiger charge is 2.35. The summed E-state index contributed by atoms with van der Waals surface area (Å²) in [6.07, 6.45) is 11.3. The lowest BCUT2D eigenvalue weighted by Gasteiger charge is -2.29. The molecular weight excluding hydrogens is 372 g/mol. The highest BCUT2D eigenvalue weighted by Crippen LogP contribution is 2.32. The maximum absolute atomic E-state index is 4.93. The van der Waals surface area contributed by atoms with Gasteiger partial charge in [0.1, 0.15) is 5.00 Å². The third kappa shape index (κ3) is 3.16. The van der Waals surface area contributed by atoms with Crippen LogP contribution in [0.25, 0.3) is 0 Å². The summed E-state index contributed by atoms with van der Waals surface area (Å²) < 4.78 is 1.84. The Labute approximate surface area is 167 Å². The molecule has 5 rings (SSSR count). The Morgan fingerprint density at radius 2 is 2.25 bits per heavy atom. The summed E-state index contributed by atoms with van der Waals surface area (Å²) in [5.41, 5.74) is 3.36. The second-order valence-electron chi connectivity index (χ2n) is 7.07. The molecule has 0 saturated heterocycles. The molecule has 0 amide bonds. The molecule has 0 spiro atoms. The smallest absolute Gasteiger partial charge is 0.175 e. The van der Waals surface area contributed by atoms with Gasteiger partial charge in [0.15, 0.2) is 11.7 Å². The summed E-state index contributed by atoms with van der Waals surface area (Å²) in [4.78, 5) is 16.3. The van der Waals surface area contributed by atoms with Crippen LogP contribution in [0.1, 0.15) is 23.0 Å². The molecule has 3 aliphatic rings. The van der Waals surface area contributed by atoms with Gasteiger partial charge in [-0.1, -0.05) is 6.08 Å². The number of aryl methyl sites for hydroxylation is 2. The Bertz CT molecular complexity index is 1020. The van der Waals surface area contributed by atoms with Crippen molar-refractivity contribution in [2.75, 3.05) is 25.0 Å². The topological polar surface area (TPSA) is 82.7 Å². The molecule has 3 aliphatic heterocycles. The fourth-order valence-corrected chi connectivity index (χ4v) is 4.34. The van der Waals surface area contributed by atoms with Gasteiger partial charge in [-0.05, 0) is 25.5 Å². The fourth-order valence-electron chi connectivity index (χ4n) is 3.66. The third-order valence-electron chi connectivity index (χ3n) is 5.03. The first-order valence-corrected chi connectivity index (χ1v) is 10.2. The number of amidine groups is 2. The van der Waals surface area contributed by atoms with E-state index in [0.717, 1.165) is 52.5 Å². The molecule has 1 unspecified atom stereocenters. The Morgan fingerprint density at radius 1 is 1.32 bits per heavy atom. The summed E-state index contributed by atoms with van der Waals surface area (Å²) in [6.45, 7) is 4.53. The van der Waals surface area contributed by atoms with Gasteiger partial charge in [-0.25, -0.2) is 9.98 Å². The molecule has 0 radical (unpaired) electrons. The first-order chi connectivity index (χ1) is 13.7. The lowest BCUT2D eigenvalue weighted by Crippen LogP contribution is -2.38. The van der Waals surface area contributed by atoms with Crippen LogP contribution in [0.15, 0.2) is 52.1 Å². The van der Waals surface area contributed by atoms with Gasteiger partial charge in [-0.2, -0.15) is 5.10 Å². The number of nitrogens with zero attached hydrogens (tertiary/aromatic N) is 6. The van der Waals surface area contributed by atoms with Crippen molar-refractivity contribution >= 4 is 28.0 Å². The maximum Gasteiger partial charge on any atom is 0.175 e. The fraction of sp³-hybridized carbons (Fsp3) is 0.368. The van der Waals surface area contributed by atoms with Crippen molar-refractivity contribution in [3.05, 3.63) is 52.7 Å². The monoisotopic (exact) mass is 394 g/mol. The van der Waals surface area contributed by atoms with Crippen molar-refractivity contribution in [2.45, 2.75) is 19.4 Å². The molecule has 0 saturated carbocycles. The highest BCUT2D eigenvalue weighted by atomic mass is 32.1. The number of hydrogen-bond acceptors (Lipinski definition) is 8. The van der Waals surface area contributed by atoms with E-state index >= 15 is 0 Å². The minimum atomic E-state index is 0.131. The van der Waals surface area contributed by atoms with Crippen molar-refractivity contribution < 1.29 is 0 Å². The van der Waals surface area contributed by atoms with Gasteiger partial charge in [0, 0.05) is 31.6 Å². The van der Waals surface area contributed by atoms with E-state index in [9.17, 15) is 0 Å². The van der Waals surface area contributed by atoms with E-state index in [-0.39, 0.29) is 6.04 Å². The van der Waals surface area contributed by atoms with Crippen LogP contribution in [0.5, 0.6) is 0 Å². The van der Waals surface area contributed by atoms with Gasteiger partial charge in [-0.15, -0.1) is 11.3 Å². The zero-order chi connectivity index (χ0) is 19.1. The quantitative estimate of drug-likeness (QED) is 0.834. The van der Waals surface area contributed by atoms with Crippen molar-refractivity contribution in [3.63, 3.8) is 0 Å². The van der Waals surface area contributed by atoms with Gasteiger partial charge in [0.25, 0.3) is 0 Å². The summed E-state index contributed by atoms with van der Waals surface area (Å²) in [6, 6.07) is 0.131. The second kappa shape index (κ2) is 6.99. The van der Waals surface area contributed by atoms with E-state index in [1.807, 2.05) is 31.0 Å². The van der Waals surface area contributed by atoms with E-state index in [1.54, 1.807) is 11.3 Å². The minimum Gasteiger partial charge on any atom is -0.328 e. The normalized spacial score (nSPS) is 21.6. The molecule has 0 aliphatic carbocycles. The van der Waals surface area contributed by atoms with Gasteiger partial charge < -0.3 is 15.5 Å². The maximum atomic E-state index is 4.93. The predicted molar refractivity (Wildman–Crippen MR) is 112 cm³/mol. The summed E-state index contributed by atoms with van der Waals surface area (Å²) in [5.74, 6) is 1.65. The molecular formula is C19H22N8S. The van der Waals surface area contributed by atoms with Gasteiger partial charge in [-0.3, -0.25) is 9.67 Å². The number of aromatic nitrogens is 3. The second-order valence-corrected chi connectivity index (χ2v) is 8.31. The summed E-state index contributed by atoms with van der Waals surface area (Å²) in [5, 5.41) is 13.2. The van der Waals surface area contributed by atoms with E-state index < -0.39 is 0 Å². The van der Waals surface area contributed by atoms with E-state index in [4.69, 9.17) is 9.98 Å². The Hall–Kier alpha value is -2.78. The summed E-state index contributed by atoms with van der Waals surface area (Å²) in [7, 11) is 1.94. The molecule has 8 nitrogen and oxygen atoms in total. The van der Waals surface area contributed by atoms with E-state index in [1.165, 1.54) is 5.57 Å². The molecule has 0 aromatic carbocycles. The molecule has 0 bridgehead atoms. The van der Waals surface area contributed by atoms with Crippen molar-refractivity contribution in [1.29, 1.82) is 0 Å². The number of anilines is 1. The Morgan fingerprint density at radius 3 is 2.96 bits per heavy atom. The van der Waals surface area contributed by atoms with Crippen LogP contribution in [-0.2, 0) is 7.05 Å². The van der Waals surface area contributed by atoms with Gasteiger partial charge in [0.2, 0.25) is 0 Å². The lowest BCUT2D eigenvalue weighted by molar-refractivity contribution is 0.455. The number of fused-ring (bicyclic) bond motifs is 1. The van der Waals surface area contributed by atoms with Crippen LogP contribution in [0, 0.1) is 6.92 Å². The molecule has 0 fully saturated rings. The minimum absolute atomic E-state index is 0.131. The highest BCUT2D eigenvalue weighted by molar-refractivity contribution is 7.15. The third-order valence-corrected chi connectivity index (χ3v) is 5.86. The molecule has 2 aromatic rings. The molecule has 9 heteroatoms. The first-order valence-electron chi connectivity index (χ1n) is 9.39. The molecule has 1 atom stereocenters. The van der Waals surface area contributed by atoms with Crippen LogP contribution < -0.4 is 10.6 Å². The zero-order valence-corrected chi connectivity index (χ0v) is 16.7. The van der Waals surface area contributed by atoms with Crippen LogP contribution in [-0.4, -0.2) is 51.0 Å². The zero-order valence-electron chi connectivity index (χ0n) is 15.9. The number of thiazole rings is 1. The predicted octanol–water partition coefficient (Wildman–Crippen LogP) is 2.23. The lowest BCUT2D eigenvalue weighted by atomic mass is 10.1. The van der Waals surface area contributed by atoms with E-state index in [2.05, 4.69) is 44.1 Å². The van der Waals surface area contributed by atoms with Crippen molar-refractivity contribution in [2.24, 2.45) is 17.0 Å². The molecule has 5 heterocycles. The molecule has 144 valence electrons. The standard InChI is InChI=1S/C19H22N8S/c1-12-21-9-17(28-12)25-18-19-22-8-16(14-7-23-26(2)10-14)27(19)11-15(24-18)13-4-3-5-20-6-13/h4,7,9-11,16,20H,3,5-6,8H2,1-2H3,(H,24,25). The number of hydrogen-bond donors (Lipinski definition) is 2. The summed E-state index contributed by atoms with van der Waals surface area (Å²) >= 11 is 1.62. The largest absolute Gasteiger partial charge is 0.328 e. The Kier molecular flexibility index (Phi) is 4.33. The average molecular weight is 395 g/mol. The average Bonchev–Trinajstić information content (AvgIpc) is 3.42. The van der Waals surface area contributed by atoms with Gasteiger partial charge >= 0.3 is 0 Å². The Balaban J connectivity index is 1.52. The SMILES string of the molecule is Cc1ncc(NC2=NC(C3=CCCNC3)=CN3C2=NCC3c2cnn(C)c2)s1. The number of aliphatic imine (C=N–C) groups is 2. The van der Waals surface area contributed by atoms with E-state index in [0.29, 0.717) is 6.54 Å². The molecule has 28 heavy (non-hydrogen) atoms. The molecule has 2 aromatic heterocycles. The van der Waals surface area contributed by atoms with Crippen LogP contribution in [0.4, 0.5) is 5.00 Å². The van der Waals surface area contributed by atoms with Crippen LogP contribution in [0.2, 0.25) is 0 Å². The first kappa shape index (κ1) is 17.3.